The summed E-state index contributed by atoms with van der Waals surface area (Å²) in [5.41, 5.74) is 5.43. The van der Waals surface area contributed by atoms with E-state index in [1.165, 1.54) is 0 Å². The lowest BCUT2D eigenvalue weighted by Gasteiger charge is -2.25. The fourth-order valence-corrected chi connectivity index (χ4v) is 1.72. The molecule has 0 aliphatic rings. The topological polar surface area (TPSA) is 46.3 Å². The van der Waals surface area contributed by atoms with Gasteiger partial charge in [0, 0.05) is 0 Å². The van der Waals surface area contributed by atoms with Gasteiger partial charge in [-0.05, 0) is 46.3 Å². The molecule has 3 heteroatoms. The van der Waals surface area contributed by atoms with Crippen molar-refractivity contribution in [2.75, 3.05) is 20.1 Å². The van der Waals surface area contributed by atoms with Crippen LogP contribution in [0.1, 0.15) is 39.5 Å². The Kier molecular flexibility index (Phi) is 7.71. The van der Waals surface area contributed by atoms with Crippen molar-refractivity contribution in [1.29, 1.82) is 0 Å². The van der Waals surface area contributed by atoms with Crippen molar-refractivity contribution in [3.8, 4) is 0 Å². The molecular formula is C11H24N2O. The molecular weight excluding hydrogens is 176 g/mol. The summed E-state index contributed by atoms with van der Waals surface area (Å²) in [5, 5.41) is 0. The summed E-state index contributed by atoms with van der Waals surface area (Å²) in [7, 11) is 2.03. The number of Topliss-reactive ketones (excluding diaryl/α,β-unsaturated/α-hetero) is 1. The fraction of sp³-hybridized carbons (Fsp3) is 0.909. The van der Waals surface area contributed by atoms with Crippen molar-refractivity contribution in [1.82, 2.24) is 4.90 Å². The molecule has 1 atom stereocenters. The molecule has 0 saturated carbocycles. The number of rotatable bonds is 8. The lowest BCUT2D eigenvalue weighted by atomic mass is 10.0. The predicted octanol–water partition coefficient (Wildman–Crippen LogP) is 1.41. The number of hydrogen-bond donors (Lipinski definition) is 1. The van der Waals surface area contributed by atoms with E-state index in [1.807, 2.05) is 7.05 Å². The van der Waals surface area contributed by atoms with Gasteiger partial charge in [0.2, 0.25) is 0 Å². The van der Waals surface area contributed by atoms with Crippen LogP contribution in [0.25, 0.3) is 0 Å². The summed E-state index contributed by atoms with van der Waals surface area (Å²) in [6.45, 7) is 5.53. The molecule has 84 valence electrons. The lowest BCUT2D eigenvalue weighted by molar-refractivity contribution is -0.122. The number of nitrogens with zero attached hydrogens (tertiary/aromatic N) is 1. The minimum atomic E-state index is 0.0986. The maximum Gasteiger partial charge on any atom is 0.146 e. The van der Waals surface area contributed by atoms with Gasteiger partial charge < -0.3 is 5.73 Å². The van der Waals surface area contributed by atoms with Crippen molar-refractivity contribution in [3.05, 3.63) is 0 Å². The first-order valence-corrected chi connectivity index (χ1v) is 5.54. The molecule has 0 bridgehead atoms. The van der Waals surface area contributed by atoms with E-state index >= 15 is 0 Å². The molecule has 0 amide bonds. The average molecular weight is 200 g/mol. The van der Waals surface area contributed by atoms with E-state index in [2.05, 4.69) is 11.8 Å². The van der Waals surface area contributed by atoms with E-state index in [0.29, 0.717) is 0 Å². The highest BCUT2D eigenvalue weighted by atomic mass is 16.1. The number of nitrogens with two attached hydrogens (primary N) is 1. The highest BCUT2D eigenvalue weighted by Crippen LogP contribution is 2.08. The fourth-order valence-electron chi connectivity index (χ4n) is 1.72. The summed E-state index contributed by atoms with van der Waals surface area (Å²) in [6, 6.07) is 0.0986. The Morgan fingerprint density at radius 2 is 2.07 bits per heavy atom. The Bertz CT molecular complexity index is 159. The first-order valence-electron chi connectivity index (χ1n) is 5.54. The van der Waals surface area contributed by atoms with Crippen LogP contribution < -0.4 is 5.73 Å². The smallest absolute Gasteiger partial charge is 0.146 e. The number of ketones is 1. The van der Waals surface area contributed by atoms with Gasteiger partial charge in [-0.15, -0.1) is 0 Å². The van der Waals surface area contributed by atoms with Gasteiger partial charge in [0.05, 0.1) is 6.04 Å². The number of unbranched alkanes of at least 4 members (excludes halogenated alkanes) is 1. The van der Waals surface area contributed by atoms with Crippen molar-refractivity contribution >= 4 is 5.78 Å². The molecule has 0 radical (unpaired) electrons. The summed E-state index contributed by atoms with van der Waals surface area (Å²) in [6.07, 6.45) is 4.11. The minimum absolute atomic E-state index is 0.0986. The van der Waals surface area contributed by atoms with Crippen LogP contribution in [0.5, 0.6) is 0 Å². The molecule has 0 aromatic heterocycles. The molecule has 0 aliphatic carbocycles. The molecule has 0 spiro atoms. The predicted molar refractivity (Wildman–Crippen MR) is 60.3 cm³/mol. The standard InChI is InChI=1S/C11H24N2O/c1-4-9-13(3)11(10(2)14)7-5-6-8-12/h11H,4-9,12H2,1-3H3. The van der Waals surface area contributed by atoms with Crippen LogP contribution in [0.15, 0.2) is 0 Å². The Balaban J connectivity index is 3.94. The van der Waals surface area contributed by atoms with Gasteiger partial charge in [0.15, 0.2) is 0 Å². The van der Waals surface area contributed by atoms with Gasteiger partial charge in [0.1, 0.15) is 5.78 Å². The van der Waals surface area contributed by atoms with Crippen molar-refractivity contribution < 1.29 is 4.79 Å². The van der Waals surface area contributed by atoms with Gasteiger partial charge in [-0.3, -0.25) is 9.69 Å². The molecule has 3 nitrogen and oxygen atoms in total. The summed E-state index contributed by atoms with van der Waals surface area (Å²) < 4.78 is 0. The van der Waals surface area contributed by atoms with Crippen LogP contribution in [0.2, 0.25) is 0 Å². The summed E-state index contributed by atoms with van der Waals surface area (Å²) in [4.78, 5) is 13.5. The summed E-state index contributed by atoms with van der Waals surface area (Å²) >= 11 is 0. The third-order valence-electron chi connectivity index (χ3n) is 2.51. The van der Waals surface area contributed by atoms with Gasteiger partial charge in [-0.1, -0.05) is 13.3 Å². The highest BCUT2D eigenvalue weighted by Gasteiger charge is 2.17. The highest BCUT2D eigenvalue weighted by molar-refractivity contribution is 5.81. The Labute approximate surface area is 87.6 Å². The van der Waals surface area contributed by atoms with Gasteiger partial charge in [0.25, 0.3) is 0 Å². The van der Waals surface area contributed by atoms with Crippen LogP contribution in [0.3, 0.4) is 0 Å². The molecule has 0 fully saturated rings. The van der Waals surface area contributed by atoms with E-state index in [9.17, 15) is 4.79 Å². The van der Waals surface area contributed by atoms with E-state index < -0.39 is 0 Å². The first kappa shape index (κ1) is 13.6. The largest absolute Gasteiger partial charge is 0.330 e. The average Bonchev–Trinajstić information content (AvgIpc) is 2.12. The van der Waals surface area contributed by atoms with Crippen molar-refractivity contribution in [2.24, 2.45) is 5.73 Å². The quantitative estimate of drug-likeness (QED) is 0.603. The third-order valence-corrected chi connectivity index (χ3v) is 2.51. The first-order chi connectivity index (χ1) is 6.63. The number of hydrogen-bond acceptors (Lipinski definition) is 3. The SMILES string of the molecule is CCCN(C)C(CCCCN)C(C)=O. The van der Waals surface area contributed by atoms with Crippen LogP contribution in [-0.2, 0) is 4.79 Å². The monoisotopic (exact) mass is 200 g/mol. The van der Waals surface area contributed by atoms with Gasteiger partial charge >= 0.3 is 0 Å². The zero-order valence-corrected chi connectivity index (χ0v) is 9.75. The van der Waals surface area contributed by atoms with E-state index in [0.717, 1.165) is 38.8 Å². The number of carbonyl (C=O) groups excluding carboxylic acids is 1. The molecule has 14 heavy (non-hydrogen) atoms. The zero-order valence-electron chi connectivity index (χ0n) is 9.75. The molecule has 1 unspecified atom stereocenters. The van der Waals surface area contributed by atoms with E-state index in [-0.39, 0.29) is 11.8 Å². The second-order valence-electron chi connectivity index (χ2n) is 3.89. The maximum absolute atomic E-state index is 11.4. The third kappa shape index (κ3) is 5.35. The second-order valence-corrected chi connectivity index (χ2v) is 3.89. The van der Waals surface area contributed by atoms with E-state index in [4.69, 9.17) is 5.73 Å². The minimum Gasteiger partial charge on any atom is -0.330 e. The molecule has 2 N–H and O–H groups in total. The van der Waals surface area contributed by atoms with Gasteiger partial charge in [-0.25, -0.2) is 0 Å². The molecule has 0 heterocycles. The molecule has 0 aromatic rings. The van der Waals surface area contributed by atoms with Crippen LogP contribution >= 0.6 is 0 Å². The van der Waals surface area contributed by atoms with E-state index in [1.54, 1.807) is 6.92 Å². The lowest BCUT2D eigenvalue weighted by Crippen LogP contribution is -2.37. The van der Waals surface area contributed by atoms with Crippen LogP contribution in [0, 0.1) is 0 Å². The molecule has 0 saturated heterocycles. The zero-order chi connectivity index (χ0) is 11.0. The molecule has 0 aliphatic heterocycles. The van der Waals surface area contributed by atoms with Crippen molar-refractivity contribution in [3.63, 3.8) is 0 Å². The normalized spacial score (nSPS) is 13.2. The van der Waals surface area contributed by atoms with Crippen LogP contribution in [0.4, 0.5) is 0 Å². The number of likely N-dealkylation sites (N-methyl/N-ethyl adjacent to an activating group) is 1. The Morgan fingerprint density at radius 1 is 1.43 bits per heavy atom. The Morgan fingerprint density at radius 3 is 2.50 bits per heavy atom. The van der Waals surface area contributed by atoms with Crippen LogP contribution in [-0.4, -0.2) is 36.9 Å². The summed E-state index contributed by atoms with van der Waals surface area (Å²) in [5.74, 6) is 0.276. The second kappa shape index (κ2) is 7.94. The van der Waals surface area contributed by atoms with Crippen molar-refractivity contribution in [2.45, 2.75) is 45.6 Å². The van der Waals surface area contributed by atoms with Gasteiger partial charge in [-0.2, -0.15) is 0 Å². The molecule has 0 rings (SSSR count). The Hall–Kier alpha value is -0.410. The molecule has 0 aromatic carbocycles. The maximum atomic E-state index is 11.4. The number of carbonyl (C=O) groups is 1.